The van der Waals surface area contributed by atoms with Gasteiger partial charge >= 0.3 is 37.7 Å². The summed E-state index contributed by atoms with van der Waals surface area (Å²) in [5.41, 5.74) is 5.48. The van der Waals surface area contributed by atoms with E-state index in [1.54, 1.807) is 6.08 Å². The molecule has 0 N–H and O–H groups in total. The number of aldehydes is 1. The predicted molar refractivity (Wildman–Crippen MR) is 100 cm³/mol. The summed E-state index contributed by atoms with van der Waals surface area (Å²) in [4.78, 5) is 10.3. The Labute approximate surface area is 168 Å². The van der Waals surface area contributed by atoms with Gasteiger partial charge in [-0.25, -0.2) is 0 Å². The molecule has 0 saturated heterocycles. The SMILES string of the molecule is CC1=C(/C=C/C(C)=C/C=C/C(C)=C/C=O)C(C)(C)CCC1.[Ca+2].[H-].[H-]. The zero-order valence-corrected chi connectivity index (χ0v) is 17.0. The molecule has 22 heavy (non-hydrogen) atoms. The number of hydrogen-bond acceptors (Lipinski definition) is 1. The van der Waals surface area contributed by atoms with Crippen molar-refractivity contribution < 1.29 is 7.65 Å². The molecular weight excluding hydrogens is 296 g/mol. The summed E-state index contributed by atoms with van der Waals surface area (Å²) in [5.74, 6) is 0. The van der Waals surface area contributed by atoms with Gasteiger partial charge in [-0.05, 0) is 62.7 Å². The van der Waals surface area contributed by atoms with Crippen molar-refractivity contribution in [2.75, 3.05) is 0 Å². The zero-order chi connectivity index (χ0) is 15.9. The summed E-state index contributed by atoms with van der Waals surface area (Å²) >= 11 is 0. The van der Waals surface area contributed by atoms with E-state index in [2.05, 4.69) is 45.9 Å². The van der Waals surface area contributed by atoms with Gasteiger partial charge in [0, 0.05) is 0 Å². The van der Waals surface area contributed by atoms with Crippen LogP contribution in [-0.2, 0) is 4.79 Å². The molecule has 0 heterocycles. The van der Waals surface area contributed by atoms with Crippen LogP contribution in [0, 0.1) is 5.41 Å². The number of allylic oxidation sites excluding steroid dienone is 10. The molecule has 0 atom stereocenters. The quantitative estimate of drug-likeness (QED) is 0.280. The van der Waals surface area contributed by atoms with Crippen molar-refractivity contribution in [3.8, 4) is 0 Å². The van der Waals surface area contributed by atoms with Gasteiger partial charge in [0.15, 0.2) is 0 Å². The van der Waals surface area contributed by atoms with Gasteiger partial charge in [0.05, 0.1) is 0 Å². The standard InChI is InChI=1S/C20H28O.Ca.2H/c1-16(8-6-9-17(2)13-15-21)11-12-19-18(3)10-7-14-20(19,4)5;;;/h6,8-9,11-13,15H,7,10,14H2,1-5H3;;;/q;+2;2*-1/b9-6+,12-11+,16-8+,17-13+;;;. The molecule has 118 valence electrons. The molecule has 0 spiro atoms. The molecule has 1 aliphatic carbocycles. The third-order valence-corrected chi connectivity index (χ3v) is 4.10. The van der Waals surface area contributed by atoms with Crippen molar-refractivity contribution in [3.63, 3.8) is 0 Å². The number of rotatable bonds is 5. The fourth-order valence-corrected chi connectivity index (χ4v) is 2.80. The Bertz CT molecular complexity index is 538. The minimum absolute atomic E-state index is 0. The first-order valence-electron chi connectivity index (χ1n) is 7.72. The molecule has 0 aromatic heterocycles. The van der Waals surface area contributed by atoms with Crippen molar-refractivity contribution in [1.82, 2.24) is 0 Å². The molecule has 1 rings (SSSR count). The number of hydrogen-bond donors (Lipinski definition) is 0. The van der Waals surface area contributed by atoms with Gasteiger partial charge in [0.25, 0.3) is 0 Å². The van der Waals surface area contributed by atoms with Crippen LogP contribution in [0.3, 0.4) is 0 Å². The van der Waals surface area contributed by atoms with Gasteiger partial charge in [-0.15, -0.1) is 0 Å². The van der Waals surface area contributed by atoms with Crippen LogP contribution < -0.4 is 0 Å². The van der Waals surface area contributed by atoms with E-state index in [4.69, 9.17) is 0 Å². The second-order valence-electron chi connectivity index (χ2n) is 6.58. The van der Waals surface area contributed by atoms with Gasteiger partial charge in [-0.3, -0.25) is 4.79 Å². The van der Waals surface area contributed by atoms with Crippen LogP contribution in [0.1, 0.15) is 56.7 Å². The van der Waals surface area contributed by atoms with Crippen molar-refractivity contribution >= 4 is 44.0 Å². The molecule has 2 heteroatoms. The average Bonchev–Trinajstić information content (AvgIpc) is 2.37. The minimum Gasteiger partial charge on any atom is -1.00 e. The Morgan fingerprint density at radius 3 is 2.36 bits per heavy atom. The smallest absolute Gasteiger partial charge is 1.00 e. The van der Waals surface area contributed by atoms with E-state index in [0.29, 0.717) is 0 Å². The first-order chi connectivity index (χ1) is 9.86. The van der Waals surface area contributed by atoms with E-state index in [1.165, 1.54) is 36.0 Å². The zero-order valence-electron chi connectivity index (χ0n) is 16.8. The first-order valence-corrected chi connectivity index (χ1v) is 7.72. The molecule has 0 fully saturated rings. The molecular formula is C20H30CaO. The fourth-order valence-electron chi connectivity index (χ4n) is 2.80. The van der Waals surface area contributed by atoms with E-state index < -0.39 is 0 Å². The van der Waals surface area contributed by atoms with Crippen molar-refractivity contribution in [1.29, 1.82) is 0 Å². The Kier molecular flexibility index (Phi) is 10.2. The second-order valence-corrected chi connectivity index (χ2v) is 6.58. The summed E-state index contributed by atoms with van der Waals surface area (Å²) in [7, 11) is 0. The maximum atomic E-state index is 10.3. The Balaban J connectivity index is -0.00000147. The molecule has 0 unspecified atom stereocenters. The van der Waals surface area contributed by atoms with E-state index >= 15 is 0 Å². The van der Waals surface area contributed by atoms with Crippen LogP contribution in [0.4, 0.5) is 0 Å². The maximum absolute atomic E-state index is 10.3. The Morgan fingerprint density at radius 2 is 1.77 bits per heavy atom. The monoisotopic (exact) mass is 326 g/mol. The van der Waals surface area contributed by atoms with Crippen LogP contribution >= 0.6 is 0 Å². The topological polar surface area (TPSA) is 17.1 Å². The molecule has 0 bridgehead atoms. The van der Waals surface area contributed by atoms with E-state index in [1.807, 2.05) is 19.1 Å². The minimum atomic E-state index is 0. The maximum Gasteiger partial charge on any atom is 2.00 e. The molecule has 0 amide bonds. The predicted octanol–water partition coefficient (Wildman–Crippen LogP) is 5.56. The third-order valence-electron chi connectivity index (χ3n) is 4.10. The fraction of sp³-hybridized carbons (Fsp3) is 0.450. The number of carbonyl (C=O) groups is 1. The van der Waals surface area contributed by atoms with E-state index in [0.717, 1.165) is 11.9 Å². The summed E-state index contributed by atoms with van der Waals surface area (Å²) in [6.07, 6.45) is 16.6. The molecule has 0 radical (unpaired) electrons. The average molecular weight is 327 g/mol. The van der Waals surface area contributed by atoms with Gasteiger partial charge in [-0.2, -0.15) is 0 Å². The van der Waals surface area contributed by atoms with Crippen LogP contribution in [0.5, 0.6) is 0 Å². The van der Waals surface area contributed by atoms with Gasteiger partial charge in [-0.1, -0.05) is 55.4 Å². The van der Waals surface area contributed by atoms with Crippen LogP contribution in [0.2, 0.25) is 0 Å². The summed E-state index contributed by atoms with van der Waals surface area (Å²) in [6.45, 7) is 10.9. The van der Waals surface area contributed by atoms with E-state index in [9.17, 15) is 4.79 Å². The van der Waals surface area contributed by atoms with Crippen molar-refractivity contribution in [2.45, 2.75) is 53.9 Å². The Hall–Kier alpha value is -0.370. The first kappa shape index (κ1) is 21.6. The molecule has 0 aromatic carbocycles. The van der Waals surface area contributed by atoms with Crippen molar-refractivity contribution in [2.24, 2.45) is 5.41 Å². The van der Waals surface area contributed by atoms with Gasteiger partial charge < -0.3 is 2.85 Å². The third kappa shape index (κ3) is 7.26. The van der Waals surface area contributed by atoms with Crippen LogP contribution in [0.25, 0.3) is 0 Å². The van der Waals surface area contributed by atoms with Gasteiger partial charge in [0.1, 0.15) is 6.29 Å². The van der Waals surface area contributed by atoms with E-state index in [-0.39, 0.29) is 46.0 Å². The molecule has 0 saturated carbocycles. The van der Waals surface area contributed by atoms with Crippen molar-refractivity contribution in [3.05, 3.63) is 58.7 Å². The largest absolute Gasteiger partial charge is 2.00 e. The van der Waals surface area contributed by atoms with Gasteiger partial charge in [0.2, 0.25) is 0 Å². The summed E-state index contributed by atoms with van der Waals surface area (Å²) in [5, 5.41) is 0. The molecule has 1 aliphatic rings. The Morgan fingerprint density at radius 1 is 1.14 bits per heavy atom. The normalized spacial score (nSPS) is 19.7. The summed E-state index contributed by atoms with van der Waals surface area (Å²) < 4.78 is 0. The molecule has 0 aliphatic heterocycles. The van der Waals surface area contributed by atoms with Crippen LogP contribution in [0.15, 0.2) is 58.7 Å². The second kappa shape index (κ2) is 10.4. The summed E-state index contributed by atoms with van der Waals surface area (Å²) in [6, 6.07) is 0. The molecule has 1 nitrogen and oxygen atoms in total. The number of carbonyl (C=O) groups excluding carboxylic acids is 1. The molecule has 0 aromatic rings. The van der Waals surface area contributed by atoms with Crippen LogP contribution in [-0.4, -0.2) is 44.0 Å².